The smallest absolute Gasteiger partial charge is 0.137 e. The van der Waals surface area contributed by atoms with Crippen LogP contribution >= 0.6 is 15.9 Å². The Hall–Kier alpha value is -1.33. The van der Waals surface area contributed by atoms with Gasteiger partial charge in [-0.1, -0.05) is 12.1 Å². The summed E-state index contributed by atoms with van der Waals surface area (Å²) in [6.07, 6.45) is 0. The predicted octanol–water partition coefficient (Wildman–Crippen LogP) is 4.72. The number of halogens is 4. The van der Waals surface area contributed by atoms with Crippen molar-refractivity contribution in [2.75, 3.05) is 0 Å². The molecule has 2 aromatic carbocycles. The second-order valence-electron chi connectivity index (χ2n) is 4.52. The van der Waals surface area contributed by atoms with Crippen molar-refractivity contribution in [3.8, 4) is 0 Å². The van der Waals surface area contributed by atoms with Crippen LogP contribution in [0.25, 0.3) is 0 Å². The predicted molar refractivity (Wildman–Crippen MR) is 75.7 cm³/mol. The van der Waals surface area contributed by atoms with Gasteiger partial charge in [0.05, 0.1) is 4.47 Å². The van der Waals surface area contributed by atoms with Crippen LogP contribution in [0.15, 0.2) is 40.9 Å². The normalized spacial score (nSPS) is 12.4. The van der Waals surface area contributed by atoms with Gasteiger partial charge in [-0.25, -0.2) is 13.2 Å². The summed E-state index contributed by atoms with van der Waals surface area (Å²) in [5, 5.41) is 3.12. The van der Waals surface area contributed by atoms with Crippen molar-refractivity contribution in [3.63, 3.8) is 0 Å². The number of hydrogen-bond acceptors (Lipinski definition) is 1. The lowest BCUT2D eigenvalue weighted by Crippen LogP contribution is -2.19. The van der Waals surface area contributed by atoms with E-state index in [-0.39, 0.29) is 11.9 Å². The van der Waals surface area contributed by atoms with E-state index in [9.17, 15) is 13.2 Å². The molecular weight excluding hydrogens is 331 g/mol. The second-order valence-corrected chi connectivity index (χ2v) is 5.37. The van der Waals surface area contributed by atoms with Gasteiger partial charge in [-0.15, -0.1) is 0 Å². The fourth-order valence-electron chi connectivity index (χ4n) is 1.88. The van der Waals surface area contributed by atoms with Crippen molar-refractivity contribution >= 4 is 15.9 Å². The maximum absolute atomic E-state index is 13.6. The highest BCUT2D eigenvalue weighted by molar-refractivity contribution is 9.10. The number of nitrogens with one attached hydrogen (secondary N) is 1. The van der Waals surface area contributed by atoms with Gasteiger partial charge in [-0.05, 0) is 46.6 Å². The van der Waals surface area contributed by atoms with Crippen molar-refractivity contribution in [2.45, 2.75) is 19.5 Å². The Morgan fingerprint density at radius 3 is 2.45 bits per heavy atom. The lowest BCUT2D eigenvalue weighted by molar-refractivity contribution is 0.517. The average molecular weight is 344 g/mol. The van der Waals surface area contributed by atoms with Crippen LogP contribution in [-0.4, -0.2) is 0 Å². The molecule has 2 rings (SSSR count). The van der Waals surface area contributed by atoms with Crippen LogP contribution in [0.5, 0.6) is 0 Å². The number of rotatable bonds is 4. The first-order chi connectivity index (χ1) is 9.47. The van der Waals surface area contributed by atoms with Crippen LogP contribution in [0.2, 0.25) is 0 Å². The Labute approximate surface area is 123 Å². The molecule has 0 spiro atoms. The van der Waals surface area contributed by atoms with Gasteiger partial charge in [0.15, 0.2) is 0 Å². The Morgan fingerprint density at radius 1 is 1.05 bits per heavy atom. The van der Waals surface area contributed by atoms with Gasteiger partial charge in [0.2, 0.25) is 0 Å². The molecule has 1 nitrogen and oxygen atoms in total. The highest BCUT2D eigenvalue weighted by Crippen LogP contribution is 2.20. The quantitative estimate of drug-likeness (QED) is 0.847. The van der Waals surface area contributed by atoms with Crippen LogP contribution in [0, 0.1) is 17.5 Å². The van der Waals surface area contributed by atoms with E-state index in [4.69, 9.17) is 0 Å². The molecule has 0 heterocycles. The minimum Gasteiger partial charge on any atom is -0.306 e. The van der Waals surface area contributed by atoms with E-state index in [1.54, 1.807) is 19.1 Å². The summed E-state index contributed by atoms with van der Waals surface area (Å²) in [6.45, 7) is 2.24. The van der Waals surface area contributed by atoms with E-state index < -0.39 is 11.6 Å². The molecule has 0 radical (unpaired) electrons. The Balaban J connectivity index is 2.04. The minimum absolute atomic E-state index is 0.278. The largest absolute Gasteiger partial charge is 0.306 e. The van der Waals surface area contributed by atoms with Gasteiger partial charge < -0.3 is 5.32 Å². The fraction of sp³-hybridized carbons (Fsp3) is 0.200. The van der Waals surface area contributed by atoms with Crippen molar-refractivity contribution in [2.24, 2.45) is 0 Å². The molecule has 106 valence electrons. The molecule has 1 unspecified atom stereocenters. The summed E-state index contributed by atoms with van der Waals surface area (Å²) in [7, 11) is 0. The molecule has 5 heteroatoms. The van der Waals surface area contributed by atoms with Crippen molar-refractivity contribution < 1.29 is 13.2 Å². The highest BCUT2D eigenvalue weighted by Gasteiger charge is 2.11. The molecule has 1 N–H and O–H groups in total. The van der Waals surface area contributed by atoms with E-state index >= 15 is 0 Å². The Morgan fingerprint density at radius 2 is 1.80 bits per heavy atom. The minimum atomic E-state index is -0.596. The first kappa shape index (κ1) is 15.1. The molecule has 0 bridgehead atoms. The van der Waals surface area contributed by atoms with Crippen LogP contribution in [0.1, 0.15) is 24.1 Å². The summed E-state index contributed by atoms with van der Waals surface area (Å²) in [5.41, 5.74) is 1.26. The lowest BCUT2D eigenvalue weighted by atomic mass is 10.1. The second kappa shape index (κ2) is 6.41. The van der Waals surface area contributed by atoms with E-state index in [0.29, 0.717) is 16.6 Å². The third kappa shape index (κ3) is 3.61. The molecule has 0 aliphatic heterocycles. The van der Waals surface area contributed by atoms with Gasteiger partial charge >= 0.3 is 0 Å². The summed E-state index contributed by atoms with van der Waals surface area (Å²) in [6, 6.07) is 7.91. The summed E-state index contributed by atoms with van der Waals surface area (Å²) in [5.74, 6) is -1.50. The molecule has 0 saturated carbocycles. The zero-order valence-electron chi connectivity index (χ0n) is 10.8. The van der Waals surface area contributed by atoms with Crippen molar-refractivity contribution in [1.29, 1.82) is 0 Å². The van der Waals surface area contributed by atoms with Gasteiger partial charge in [0.1, 0.15) is 17.5 Å². The van der Waals surface area contributed by atoms with Gasteiger partial charge in [-0.2, -0.15) is 0 Å². The molecule has 1 atom stereocenters. The summed E-state index contributed by atoms with van der Waals surface area (Å²) < 4.78 is 39.9. The lowest BCUT2D eigenvalue weighted by Gasteiger charge is -2.15. The average Bonchev–Trinajstić information content (AvgIpc) is 2.40. The summed E-state index contributed by atoms with van der Waals surface area (Å²) in [4.78, 5) is 0. The van der Waals surface area contributed by atoms with E-state index in [0.717, 1.165) is 11.6 Å². The maximum Gasteiger partial charge on any atom is 0.137 e. The van der Waals surface area contributed by atoms with Crippen LogP contribution < -0.4 is 5.32 Å². The van der Waals surface area contributed by atoms with Crippen LogP contribution in [0.3, 0.4) is 0 Å². The molecule has 0 amide bonds. The SMILES string of the molecule is CC(NCc1ccc(F)c(Br)c1)c1ccc(F)cc1F. The molecule has 20 heavy (non-hydrogen) atoms. The standard InChI is InChI=1S/C15H13BrF3N/c1-9(12-4-3-11(17)7-15(12)19)20-8-10-2-5-14(18)13(16)6-10/h2-7,9,20H,8H2,1H3. The molecule has 0 saturated heterocycles. The third-order valence-corrected chi connectivity index (χ3v) is 3.63. The molecular formula is C15H13BrF3N. The Bertz CT molecular complexity index is 616. The first-order valence-corrected chi connectivity index (χ1v) is 6.89. The highest BCUT2D eigenvalue weighted by atomic mass is 79.9. The monoisotopic (exact) mass is 343 g/mol. The summed E-state index contributed by atoms with van der Waals surface area (Å²) >= 11 is 3.11. The maximum atomic E-state index is 13.6. The zero-order chi connectivity index (χ0) is 14.7. The molecule has 2 aromatic rings. The number of benzene rings is 2. The molecule has 0 fully saturated rings. The van der Waals surface area contributed by atoms with E-state index in [2.05, 4.69) is 21.2 Å². The first-order valence-electron chi connectivity index (χ1n) is 6.09. The van der Waals surface area contributed by atoms with E-state index in [1.807, 2.05) is 0 Å². The van der Waals surface area contributed by atoms with Gasteiger partial charge in [0, 0.05) is 24.2 Å². The zero-order valence-corrected chi connectivity index (χ0v) is 12.3. The van der Waals surface area contributed by atoms with Crippen molar-refractivity contribution in [3.05, 3.63) is 69.4 Å². The molecule has 0 aliphatic carbocycles. The molecule has 0 aliphatic rings. The number of hydrogen-bond donors (Lipinski definition) is 1. The van der Waals surface area contributed by atoms with Crippen LogP contribution in [-0.2, 0) is 6.54 Å². The van der Waals surface area contributed by atoms with E-state index in [1.165, 1.54) is 18.2 Å². The third-order valence-electron chi connectivity index (χ3n) is 3.03. The Kier molecular flexibility index (Phi) is 4.83. The van der Waals surface area contributed by atoms with Gasteiger partial charge in [-0.3, -0.25) is 0 Å². The molecule has 0 aromatic heterocycles. The topological polar surface area (TPSA) is 12.0 Å². The van der Waals surface area contributed by atoms with Crippen molar-refractivity contribution in [1.82, 2.24) is 5.32 Å². The van der Waals surface area contributed by atoms with Gasteiger partial charge in [0.25, 0.3) is 0 Å². The fourth-order valence-corrected chi connectivity index (χ4v) is 2.31. The van der Waals surface area contributed by atoms with Crippen LogP contribution in [0.4, 0.5) is 13.2 Å².